The summed E-state index contributed by atoms with van der Waals surface area (Å²) in [4.78, 5) is 16.6. The Labute approximate surface area is 146 Å². The van der Waals surface area contributed by atoms with Crippen LogP contribution in [-0.2, 0) is 6.54 Å². The minimum Gasteiger partial charge on any atom is -0.478 e. The highest BCUT2D eigenvalue weighted by atomic mass is 16.5. The summed E-state index contributed by atoms with van der Waals surface area (Å²) in [5.41, 5.74) is 2.42. The largest absolute Gasteiger partial charge is 0.478 e. The molecule has 0 unspecified atom stereocenters. The van der Waals surface area contributed by atoms with Crippen molar-refractivity contribution in [1.29, 1.82) is 0 Å². The normalized spacial score (nSPS) is 10.5. The number of amides is 1. The quantitative estimate of drug-likeness (QED) is 0.750. The Hall–Kier alpha value is -3.15. The van der Waals surface area contributed by atoms with Gasteiger partial charge in [-0.3, -0.25) is 4.79 Å². The molecule has 3 rings (SSSR count). The molecule has 2 aromatic heterocycles. The number of carbonyl (C=O) groups excluding carboxylic acids is 1. The maximum atomic E-state index is 12.5. The van der Waals surface area contributed by atoms with Crippen LogP contribution in [0.2, 0.25) is 0 Å². The molecule has 0 saturated carbocycles. The molecule has 3 aromatic rings. The van der Waals surface area contributed by atoms with E-state index in [4.69, 9.17) is 4.74 Å². The van der Waals surface area contributed by atoms with Crippen molar-refractivity contribution >= 4 is 11.7 Å². The number of nitrogens with zero attached hydrogens (tertiary/aromatic N) is 3. The molecule has 0 aliphatic heterocycles. The maximum absolute atomic E-state index is 12.5. The maximum Gasteiger partial charge on any atom is 0.258 e. The zero-order valence-electron chi connectivity index (χ0n) is 14.3. The molecule has 25 heavy (non-hydrogen) atoms. The van der Waals surface area contributed by atoms with Gasteiger partial charge in [-0.25, -0.2) is 9.67 Å². The van der Waals surface area contributed by atoms with Crippen molar-refractivity contribution in [1.82, 2.24) is 14.8 Å². The number of anilines is 1. The van der Waals surface area contributed by atoms with Crippen LogP contribution in [0.25, 0.3) is 0 Å². The van der Waals surface area contributed by atoms with Crippen LogP contribution in [0, 0.1) is 6.92 Å². The predicted octanol–water partition coefficient (Wildman–Crippen LogP) is 3.29. The fourth-order valence-corrected chi connectivity index (χ4v) is 2.46. The first kappa shape index (κ1) is 16.7. The number of ether oxygens (including phenoxy) is 1. The zero-order valence-corrected chi connectivity index (χ0v) is 14.3. The first-order valence-corrected chi connectivity index (χ1v) is 8.14. The van der Waals surface area contributed by atoms with Crippen LogP contribution in [0.5, 0.6) is 5.88 Å². The average molecular weight is 336 g/mol. The van der Waals surface area contributed by atoms with Gasteiger partial charge in [0.15, 0.2) is 0 Å². The molecule has 1 N–H and O–H groups in total. The topological polar surface area (TPSA) is 69.0 Å². The lowest BCUT2D eigenvalue weighted by atomic mass is 10.2. The Morgan fingerprint density at radius 2 is 2.00 bits per heavy atom. The molecule has 0 aliphatic rings. The van der Waals surface area contributed by atoms with Gasteiger partial charge in [-0.1, -0.05) is 30.3 Å². The highest BCUT2D eigenvalue weighted by molar-refractivity contribution is 6.03. The van der Waals surface area contributed by atoms with E-state index in [1.54, 1.807) is 16.8 Å². The summed E-state index contributed by atoms with van der Waals surface area (Å²) in [6.45, 7) is 4.91. The average Bonchev–Trinajstić information content (AvgIpc) is 2.95. The number of rotatable bonds is 6. The third-order valence-electron chi connectivity index (χ3n) is 3.61. The van der Waals surface area contributed by atoms with Crippen molar-refractivity contribution in [2.75, 3.05) is 11.9 Å². The molecule has 1 amide bonds. The number of hydrogen-bond acceptors (Lipinski definition) is 4. The highest BCUT2D eigenvalue weighted by Crippen LogP contribution is 2.15. The van der Waals surface area contributed by atoms with Crippen molar-refractivity contribution in [3.05, 3.63) is 71.5 Å². The van der Waals surface area contributed by atoms with E-state index in [2.05, 4.69) is 15.4 Å². The lowest BCUT2D eigenvalue weighted by Crippen LogP contribution is -2.16. The molecule has 128 valence electrons. The molecule has 0 radical (unpaired) electrons. The van der Waals surface area contributed by atoms with Gasteiger partial charge in [-0.15, -0.1) is 0 Å². The van der Waals surface area contributed by atoms with Crippen molar-refractivity contribution in [3.8, 4) is 5.88 Å². The van der Waals surface area contributed by atoms with Crippen LogP contribution < -0.4 is 10.1 Å². The lowest BCUT2D eigenvalue weighted by molar-refractivity contribution is 0.102. The molecule has 6 heteroatoms. The smallest absolute Gasteiger partial charge is 0.258 e. The summed E-state index contributed by atoms with van der Waals surface area (Å²) in [5.74, 6) is 0.925. The molecule has 0 atom stereocenters. The molecule has 0 saturated heterocycles. The standard InChI is InChI=1S/C19H20N4O2/c1-3-25-18-10-9-16(12-20-18)19(24)21-17-11-14(2)22-23(17)13-15-7-5-4-6-8-15/h4-12H,3,13H2,1-2H3,(H,21,24). The van der Waals surface area contributed by atoms with Gasteiger partial charge in [0, 0.05) is 18.3 Å². The number of carbonyl (C=O) groups is 1. The lowest BCUT2D eigenvalue weighted by Gasteiger charge is -2.09. The SMILES string of the molecule is CCOc1ccc(C(=O)Nc2cc(C)nn2Cc2ccccc2)cn1. The molecule has 0 aliphatic carbocycles. The Morgan fingerprint density at radius 3 is 2.68 bits per heavy atom. The van der Waals surface area contributed by atoms with Gasteiger partial charge in [0.2, 0.25) is 5.88 Å². The van der Waals surface area contributed by atoms with Crippen LogP contribution in [0.4, 0.5) is 5.82 Å². The molecule has 0 spiro atoms. The van der Waals surface area contributed by atoms with E-state index in [1.165, 1.54) is 6.20 Å². The van der Waals surface area contributed by atoms with Gasteiger partial charge in [0.05, 0.1) is 24.4 Å². The fraction of sp³-hybridized carbons (Fsp3) is 0.211. The fourth-order valence-electron chi connectivity index (χ4n) is 2.46. The van der Waals surface area contributed by atoms with Gasteiger partial charge in [-0.05, 0) is 25.5 Å². The van der Waals surface area contributed by atoms with Crippen LogP contribution in [0.1, 0.15) is 28.5 Å². The number of pyridine rings is 1. The van der Waals surface area contributed by atoms with E-state index in [9.17, 15) is 4.79 Å². The van der Waals surface area contributed by atoms with E-state index < -0.39 is 0 Å². The van der Waals surface area contributed by atoms with E-state index in [1.807, 2.05) is 50.2 Å². The van der Waals surface area contributed by atoms with Crippen molar-refractivity contribution in [2.24, 2.45) is 0 Å². The Kier molecular flexibility index (Phi) is 5.09. The number of nitrogens with one attached hydrogen (secondary N) is 1. The zero-order chi connectivity index (χ0) is 17.6. The van der Waals surface area contributed by atoms with Crippen molar-refractivity contribution in [3.63, 3.8) is 0 Å². The highest BCUT2D eigenvalue weighted by Gasteiger charge is 2.12. The van der Waals surface area contributed by atoms with Gasteiger partial charge in [-0.2, -0.15) is 5.10 Å². The minimum atomic E-state index is -0.232. The summed E-state index contributed by atoms with van der Waals surface area (Å²) in [6, 6.07) is 15.2. The monoisotopic (exact) mass is 336 g/mol. The number of hydrogen-bond donors (Lipinski definition) is 1. The molecule has 2 heterocycles. The van der Waals surface area contributed by atoms with E-state index in [-0.39, 0.29) is 5.91 Å². The number of benzene rings is 1. The van der Waals surface area contributed by atoms with Gasteiger partial charge >= 0.3 is 0 Å². The molecular formula is C19H20N4O2. The van der Waals surface area contributed by atoms with Crippen LogP contribution in [-0.4, -0.2) is 27.3 Å². The van der Waals surface area contributed by atoms with Crippen molar-refractivity contribution in [2.45, 2.75) is 20.4 Å². The summed E-state index contributed by atoms with van der Waals surface area (Å²) < 4.78 is 7.07. The summed E-state index contributed by atoms with van der Waals surface area (Å²) in [7, 11) is 0. The first-order chi connectivity index (χ1) is 12.2. The van der Waals surface area contributed by atoms with Crippen LogP contribution in [0.3, 0.4) is 0 Å². The number of aromatic nitrogens is 3. The molecule has 6 nitrogen and oxygen atoms in total. The predicted molar refractivity (Wildman–Crippen MR) is 95.9 cm³/mol. The summed E-state index contributed by atoms with van der Waals surface area (Å²) in [5, 5.41) is 7.36. The van der Waals surface area contributed by atoms with Gasteiger partial charge in [0.25, 0.3) is 5.91 Å². The Balaban J connectivity index is 1.75. The van der Waals surface area contributed by atoms with E-state index in [0.717, 1.165) is 11.3 Å². The third kappa shape index (κ3) is 4.23. The second-order valence-corrected chi connectivity index (χ2v) is 5.59. The molecule has 1 aromatic carbocycles. The van der Waals surface area contributed by atoms with Gasteiger partial charge in [0.1, 0.15) is 5.82 Å². The minimum absolute atomic E-state index is 0.232. The summed E-state index contributed by atoms with van der Waals surface area (Å²) in [6.07, 6.45) is 1.51. The van der Waals surface area contributed by atoms with E-state index in [0.29, 0.717) is 30.4 Å². The van der Waals surface area contributed by atoms with Crippen molar-refractivity contribution < 1.29 is 9.53 Å². The molecule has 0 bridgehead atoms. The van der Waals surface area contributed by atoms with Crippen LogP contribution >= 0.6 is 0 Å². The summed E-state index contributed by atoms with van der Waals surface area (Å²) >= 11 is 0. The third-order valence-corrected chi connectivity index (χ3v) is 3.61. The number of aryl methyl sites for hydroxylation is 1. The molecular weight excluding hydrogens is 316 g/mol. The van der Waals surface area contributed by atoms with E-state index >= 15 is 0 Å². The first-order valence-electron chi connectivity index (χ1n) is 8.14. The van der Waals surface area contributed by atoms with Crippen LogP contribution in [0.15, 0.2) is 54.7 Å². The molecule has 0 fully saturated rings. The second-order valence-electron chi connectivity index (χ2n) is 5.59. The second kappa shape index (κ2) is 7.61. The Morgan fingerprint density at radius 1 is 1.20 bits per heavy atom. The van der Waals surface area contributed by atoms with Gasteiger partial charge < -0.3 is 10.1 Å². The Bertz CT molecular complexity index is 842.